The molecule has 0 bridgehead atoms. The highest BCUT2D eigenvalue weighted by Gasteiger charge is 2.12. The predicted octanol–water partition coefficient (Wildman–Crippen LogP) is -0.268. The molecule has 1 aromatic rings. The van der Waals surface area contributed by atoms with E-state index < -0.39 is 0 Å². The van der Waals surface area contributed by atoms with Gasteiger partial charge in [0.25, 0.3) is 0 Å². The lowest BCUT2D eigenvalue weighted by Gasteiger charge is -2.08. The molecule has 0 saturated carbocycles. The first-order chi connectivity index (χ1) is 6.80. The Morgan fingerprint density at radius 1 is 1.50 bits per heavy atom. The molecule has 0 aliphatic rings. The van der Waals surface area contributed by atoms with Crippen molar-refractivity contribution in [2.75, 3.05) is 20.8 Å². The molecule has 80 valence electrons. The minimum absolute atomic E-state index is 0.0779. The lowest BCUT2D eigenvalue weighted by atomic mass is 10.2. The molecule has 0 aliphatic carbocycles. The third kappa shape index (κ3) is 3.06. The van der Waals surface area contributed by atoms with E-state index in [2.05, 4.69) is 10.1 Å². The highest BCUT2D eigenvalue weighted by atomic mass is 16.5. The van der Waals surface area contributed by atoms with Crippen LogP contribution in [0.1, 0.15) is 11.7 Å². The molecule has 1 heterocycles. The van der Waals surface area contributed by atoms with Crippen LogP contribution >= 0.6 is 0 Å². The normalized spacial score (nSPS) is 13.1. The van der Waals surface area contributed by atoms with E-state index in [1.807, 2.05) is 0 Å². The average molecular weight is 201 g/mol. The maximum atomic E-state index is 5.46. The summed E-state index contributed by atoms with van der Waals surface area (Å²) in [5, 5.41) is 3.72. The molecule has 1 aromatic heterocycles. The molecule has 0 radical (unpaired) electrons. The maximum Gasteiger partial charge on any atom is 0.229 e. The van der Waals surface area contributed by atoms with Gasteiger partial charge < -0.3 is 19.7 Å². The second-order valence-electron chi connectivity index (χ2n) is 2.83. The van der Waals surface area contributed by atoms with Crippen LogP contribution in [0.15, 0.2) is 4.52 Å². The van der Waals surface area contributed by atoms with Crippen molar-refractivity contribution >= 4 is 0 Å². The Labute approximate surface area is 82.4 Å². The standard InChI is InChI=1S/C8H15N3O3/c1-12-5-7-10-8(14-11-7)3-6(4-9)13-2/h6H,3-5,9H2,1-2H3. The highest BCUT2D eigenvalue weighted by molar-refractivity contribution is 4.87. The van der Waals surface area contributed by atoms with Gasteiger partial charge in [-0.05, 0) is 0 Å². The van der Waals surface area contributed by atoms with Crippen LogP contribution < -0.4 is 5.73 Å². The Kier molecular flexibility index (Phi) is 4.51. The zero-order valence-corrected chi connectivity index (χ0v) is 8.40. The summed E-state index contributed by atoms with van der Waals surface area (Å²) in [6, 6.07) is 0. The second kappa shape index (κ2) is 5.69. The molecule has 0 aliphatic heterocycles. The van der Waals surface area contributed by atoms with Crippen LogP contribution in [0.4, 0.5) is 0 Å². The molecule has 1 atom stereocenters. The third-order valence-electron chi connectivity index (χ3n) is 1.78. The number of aromatic nitrogens is 2. The molecule has 0 saturated heterocycles. The Hall–Kier alpha value is -0.980. The quantitative estimate of drug-likeness (QED) is 0.682. The van der Waals surface area contributed by atoms with Gasteiger partial charge in [-0.25, -0.2) is 0 Å². The Bertz CT molecular complexity index is 260. The lowest BCUT2D eigenvalue weighted by Crippen LogP contribution is -2.24. The molecule has 0 amide bonds. The van der Waals surface area contributed by atoms with E-state index in [1.54, 1.807) is 14.2 Å². The number of nitrogens with two attached hydrogens (primary N) is 1. The van der Waals surface area contributed by atoms with Crippen molar-refractivity contribution in [2.24, 2.45) is 5.73 Å². The van der Waals surface area contributed by atoms with E-state index in [9.17, 15) is 0 Å². The van der Waals surface area contributed by atoms with Gasteiger partial charge in [-0.15, -0.1) is 0 Å². The van der Waals surface area contributed by atoms with Crippen molar-refractivity contribution in [3.63, 3.8) is 0 Å². The monoisotopic (exact) mass is 201 g/mol. The van der Waals surface area contributed by atoms with Crippen LogP contribution in [-0.2, 0) is 22.5 Å². The first-order valence-electron chi connectivity index (χ1n) is 4.33. The number of hydrogen-bond acceptors (Lipinski definition) is 6. The summed E-state index contributed by atoms with van der Waals surface area (Å²) < 4.78 is 14.9. The number of hydrogen-bond donors (Lipinski definition) is 1. The van der Waals surface area contributed by atoms with Crippen LogP contribution in [0, 0.1) is 0 Å². The van der Waals surface area contributed by atoms with E-state index >= 15 is 0 Å². The molecule has 1 unspecified atom stereocenters. The number of ether oxygens (including phenoxy) is 2. The fourth-order valence-electron chi connectivity index (χ4n) is 1.02. The van der Waals surface area contributed by atoms with Crippen LogP contribution in [0.25, 0.3) is 0 Å². The minimum Gasteiger partial charge on any atom is -0.380 e. The summed E-state index contributed by atoms with van der Waals surface area (Å²) in [5.74, 6) is 1.06. The topological polar surface area (TPSA) is 83.4 Å². The molecule has 2 N–H and O–H groups in total. The molecular weight excluding hydrogens is 186 g/mol. The molecule has 6 nitrogen and oxygen atoms in total. The molecule has 0 aromatic carbocycles. The minimum atomic E-state index is -0.0779. The van der Waals surface area contributed by atoms with Gasteiger partial charge in [-0.3, -0.25) is 0 Å². The van der Waals surface area contributed by atoms with Gasteiger partial charge in [0.1, 0.15) is 6.61 Å². The maximum absolute atomic E-state index is 5.46. The van der Waals surface area contributed by atoms with Crippen molar-refractivity contribution in [1.82, 2.24) is 10.1 Å². The summed E-state index contributed by atoms with van der Waals surface area (Å²) in [7, 11) is 3.18. The van der Waals surface area contributed by atoms with E-state index in [-0.39, 0.29) is 6.10 Å². The molecular formula is C8H15N3O3. The van der Waals surface area contributed by atoms with Gasteiger partial charge in [-0.2, -0.15) is 4.98 Å². The highest BCUT2D eigenvalue weighted by Crippen LogP contribution is 2.03. The second-order valence-corrected chi connectivity index (χ2v) is 2.83. The van der Waals surface area contributed by atoms with Crippen molar-refractivity contribution in [3.05, 3.63) is 11.7 Å². The first-order valence-corrected chi connectivity index (χ1v) is 4.33. The Balaban J connectivity index is 2.49. The largest absolute Gasteiger partial charge is 0.380 e. The van der Waals surface area contributed by atoms with Crippen molar-refractivity contribution < 1.29 is 14.0 Å². The summed E-state index contributed by atoms with van der Waals surface area (Å²) in [5.41, 5.74) is 5.46. The Morgan fingerprint density at radius 2 is 2.29 bits per heavy atom. The summed E-state index contributed by atoms with van der Waals surface area (Å²) in [6.07, 6.45) is 0.454. The zero-order valence-electron chi connectivity index (χ0n) is 8.40. The van der Waals surface area contributed by atoms with Crippen molar-refractivity contribution in [2.45, 2.75) is 19.1 Å². The van der Waals surface area contributed by atoms with Gasteiger partial charge >= 0.3 is 0 Å². The van der Waals surface area contributed by atoms with E-state index in [0.29, 0.717) is 31.3 Å². The van der Waals surface area contributed by atoms with Gasteiger partial charge in [0.15, 0.2) is 5.82 Å². The fraction of sp³-hybridized carbons (Fsp3) is 0.750. The average Bonchev–Trinajstić information content (AvgIpc) is 2.63. The van der Waals surface area contributed by atoms with Crippen LogP contribution in [0.2, 0.25) is 0 Å². The van der Waals surface area contributed by atoms with Crippen molar-refractivity contribution in [1.29, 1.82) is 0 Å². The number of methoxy groups -OCH3 is 2. The molecule has 0 fully saturated rings. The molecule has 6 heteroatoms. The molecule has 14 heavy (non-hydrogen) atoms. The van der Waals surface area contributed by atoms with Gasteiger partial charge in [0.2, 0.25) is 5.89 Å². The number of nitrogens with zero attached hydrogens (tertiary/aromatic N) is 2. The van der Waals surface area contributed by atoms with Crippen LogP contribution in [0.3, 0.4) is 0 Å². The van der Waals surface area contributed by atoms with E-state index in [4.69, 9.17) is 19.7 Å². The molecule has 0 spiro atoms. The van der Waals surface area contributed by atoms with Crippen LogP contribution in [-0.4, -0.2) is 37.0 Å². The summed E-state index contributed by atoms with van der Waals surface area (Å²) >= 11 is 0. The number of rotatable bonds is 6. The van der Waals surface area contributed by atoms with Crippen LogP contribution in [0.5, 0.6) is 0 Å². The lowest BCUT2D eigenvalue weighted by molar-refractivity contribution is 0.102. The van der Waals surface area contributed by atoms with Gasteiger partial charge in [0, 0.05) is 20.8 Å². The Morgan fingerprint density at radius 3 is 2.86 bits per heavy atom. The SMILES string of the molecule is COCc1noc(CC(CN)OC)n1. The molecule has 1 rings (SSSR count). The smallest absolute Gasteiger partial charge is 0.229 e. The van der Waals surface area contributed by atoms with E-state index in [0.717, 1.165) is 0 Å². The zero-order chi connectivity index (χ0) is 10.4. The van der Waals surface area contributed by atoms with Crippen molar-refractivity contribution in [3.8, 4) is 0 Å². The summed E-state index contributed by atoms with van der Waals surface area (Å²) in [6.45, 7) is 0.780. The van der Waals surface area contributed by atoms with Gasteiger partial charge in [0.05, 0.1) is 12.5 Å². The third-order valence-corrected chi connectivity index (χ3v) is 1.78. The van der Waals surface area contributed by atoms with Gasteiger partial charge in [-0.1, -0.05) is 5.16 Å². The first kappa shape index (κ1) is 11.1. The van der Waals surface area contributed by atoms with E-state index in [1.165, 1.54) is 0 Å². The summed E-state index contributed by atoms with van der Waals surface area (Å²) in [4.78, 5) is 4.10. The predicted molar refractivity (Wildman–Crippen MR) is 48.6 cm³/mol. The fourth-order valence-corrected chi connectivity index (χ4v) is 1.02.